The number of nitrogens with one attached hydrogen (secondary N) is 1. The first-order valence-corrected chi connectivity index (χ1v) is 4.71. The number of rotatable bonds is 4. The number of aromatic nitrogens is 2. The maximum absolute atomic E-state index is 11.1. The lowest BCUT2D eigenvalue weighted by atomic mass is 10.0. The maximum atomic E-state index is 11.1. The van der Waals surface area contributed by atoms with Crippen molar-refractivity contribution in [2.45, 2.75) is 25.8 Å². The van der Waals surface area contributed by atoms with Crippen LogP contribution in [0.5, 0.6) is 5.88 Å². The summed E-state index contributed by atoms with van der Waals surface area (Å²) in [5, 5.41) is 0. The Bertz CT molecular complexity index is 386. The molecule has 1 aromatic heterocycles. The molecule has 0 fully saturated rings. The van der Waals surface area contributed by atoms with E-state index in [0.717, 1.165) is 6.42 Å². The van der Waals surface area contributed by atoms with Gasteiger partial charge in [-0.25, -0.2) is 4.98 Å². The lowest BCUT2D eigenvalue weighted by molar-refractivity contribution is 0.219. The van der Waals surface area contributed by atoms with Crippen LogP contribution in [0.1, 0.15) is 20.3 Å². The van der Waals surface area contributed by atoms with E-state index in [2.05, 4.69) is 9.97 Å². The molecule has 1 unspecified atom stereocenters. The summed E-state index contributed by atoms with van der Waals surface area (Å²) in [6.07, 6.45) is 2.00. The highest BCUT2D eigenvalue weighted by atomic mass is 16.5. The lowest BCUT2D eigenvalue weighted by Crippen LogP contribution is -2.41. The maximum Gasteiger partial charge on any atom is 0.277 e. The summed E-state index contributed by atoms with van der Waals surface area (Å²) in [4.78, 5) is 17.3. The molecule has 84 valence electrons. The second kappa shape index (κ2) is 4.31. The number of aromatic amines is 1. The average Bonchev–Trinajstić information content (AvgIpc) is 2.20. The van der Waals surface area contributed by atoms with Gasteiger partial charge in [-0.2, -0.15) is 0 Å². The Morgan fingerprint density at radius 3 is 2.93 bits per heavy atom. The fraction of sp³-hybridized carbons (Fsp3) is 0.556. The van der Waals surface area contributed by atoms with E-state index >= 15 is 0 Å². The predicted molar refractivity (Wildman–Crippen MR) is 57.6 cm³/mol. The van der Waals surface area contributed by atoms with Crippen molar-refractivity contribution in [1.82, 2.24) is 9.97 Å². The van der Waals surface area contributed by atoms with Crippen LogP contribution in [0.3, 0.4) is 0 Å². The van der Waals surface area contributed by atoms with Gasteiger partial charge in [0.25, 0.3) is 5.56 Å². The Morgan fingerprint density at radius 2 is 2.33 bits per heavy atom. The van der Waals surface area contributed by atoms with E-state index in [9.17, 15) is 4.79 Å². The van der Waals surface area contributed by atoms with Gasteiger partial charge in [-0.3, -0.25) is 4.79 Å². The highest BCUT2D eigenvalue weighted by molar-refractivity contribution is 5.44. The second-order valence-electron chi connectivity index (χ2n) is 3.75. The van der Waals surface area contributed by atoms with Gasteiger partial charge in [-0.1, -0.05) is 6.92 Å². The van der Waals surface area contributed by atoms with Crippen LogP contribution in [0.2, 0.25) is 0 Å². The zero-order valence-corrected chi connectivity index (χ0v) is 8.91. The number of ether oxygens (including phenoxy) is 1. The van der Waals surface area contributed by atoms with Crippen molar-refractivity contribution in [3.8, 4) is 5.88 Å². The van der Waals surface area contributed by atoms with Gasteiger partial charge in [0.1, 0.15) is 6.61 Å². The van der Waals surface area contributed by atoms with Gasteiger partial charge in [-0.05, 0) is 13.3 Å². The third-order valence-electron chi connectivity index (χ3n) is 2.20. The largest absolute Gasteiger partial charge is 0.474 e. The van der Waals surface area contributed by atoms with Crippen LogP contribution in [0.25, 0.3) is 0 Å². The summed E-state index contributed by atoms with van der Waals surface area (Å²) in [6, 6.07) is 0. The highest BCUT2D eigenvalue weighted by Crippen LogP contribution is 2.13. The van der Waals surface area contributed by atoms with E-state index in [-0.39, 0.29) is 18.2 Å². The summed E-state index contributed by atoms with van der Waals surface area (Å²) in [5.74, 6) is 0.129. The normalized spacial score (nSPS) is 14.6. The van der Waals surface area contributed by atoms with Crippen LogP contribution in [0.15, 0.2) is 11.1 Å². The molecule has 1 heterocycles. The number of nitrogens with zero attached hydrogens (tertiary/aromatic N) is 1. The molecule has 1 atom stereocenters. The lowest BCUT2D eigenvalue weighted by Gasteiger charge is -2.22. The fourth-order valence-electron chi connectivity index (χ4n) is 0.844. The molecule has 0 aliphatic rings. The molecule has 15 heavy (non-hydrogen) atoms. The molecular formula is C9H16N4O2. The number of nitrogen functional groups attached to an aromatic ring is 1. The molecule has 5 N–H and O–H groups in total. The van der Waals surface area contributed by atoms with Crippen LogP contribution in [-0.4, -0.2) is 22.1 Å². The van der Waals surface area contributed by atoms with Gasteiger partial charge >= 0.3 is 0 Å². The first-order chi connectivity index (χ1) is 6.96. The fourth-order valence-corrected chi connectivity index (χ4v) is 0.844. The first-order valence-electron chi connectivity index (χ1n) is 4.71. The van der Waals surface area contributed by atoms with E-state index in [4.69, 9.17) is 16.2 Å². The Labute approximate surface area is 87.7 Å². The van der Waals surface area contributed by atoms with Crippen molar-refractivity contribution >= 4 is 5.69 Å². The van der Waals surface area contributed by atoms with E-state index in [1.54, 1.807) is 0 Å². The topological polar surface area (TPSA) is 107 Å². The molecule has 1 rings (SSSR count). The summed E-state index contributed by atoms with van der Waals surface area (Å²) >= 11 is 0. The van der Waals surface area contributed by atoms with Crippen molar-refractivity contribution in [3.63, 3.8) is 0 Å². The molecule has 0 aliphatic carbocycles. The Balaban J connectivity index is 2.74. The van der Waals surface area contributed by atoms with Gasteiger partial charge in [0.05, 0.1) is 6.33 Å². The van der Waals surface area contributed by atoms with E-state index in [1.807, 2.05) is 13.8 Å². The van der Waals surface area contributed by atoms with Crippen molar-refractivity contribution in [1.29, 1.82) is 0 Å². The zero-order valence-electron chi connectivity index (χ0n) is 8.91. The van der Waals surface area contributed by atoms with Gasteiger partial charge in [0.15, 0.2) is 5.69 Å². The van der Waals surface area contributed by atoms with Crippen molar-refractivity contribution in [2.24, 2.45) is 5.73 Å². The molecule has 0 amide bonds. The molecule has 0 radical (unpaired) electrons. The van der Waals surface area contributed by atoms with Crippen molar-refractivity contribution in [3.05, 3.63) is 16.7 Å². The number of hydrogen-bond acceptors (Lipinski definition) is 5. The third-order valence-corrected chi connectivity index (χ3v) is 2.20. The van der Waals surface area contributed by atoms with Crippen LogP contribution in [-0.2, 0) is 0 Å². The number of H-pyrrole nitrogens is 1. The zero-order chi connectivity index (χ0) is 11.5. The minimum atomic E-state index is -0.448. The monoisotopic (exact) mass is 212 g/mol. The molecule has 0 bridgehead atoms. The molecule has 0 aromatic carbocycles. The van der Waals surface area contributed by atoms with Gasteiger partial charge < -0.3 is 21.2 Å². The number of anilines is 1. The van der Waals surface area contributed by atoms with Gasteiger partial charge in [-0.15, -0.1) is 0 Å². The van der Waals surface area contributed by atoms with Crippen molar-refractivity contribution < 1.29 is 4.74 Å². The highest BCUT2D eigenvalue weighted by Gasteiger charge is 2.18. The molecular weight excluding hydrogens is 196 g/mol. The minimum Gasteiger partial charge on any atom is -0.474 e. The Hall–Kier alpha value is -1.56. The molecule has 0 saturated heterocycles. The standard InChI is InChI=1S/C9H16N4O2/c1-3-9(2,11)4-15-8-6(10)7(14)12-5-13-8/h5H,3-4,10-11H2,1-2H3,(H,12,13,14). The number of hydrogen-bond donors (Lipinski definition) is 3. The smallest absolute Gasteiger partial charge is 0.277 e. The second-order valence-corrected chi connectivity index (χ2v) is 3.75. The SMILES string of the molecule is CCC(C)(N)COc1nc[nH]c(=O)c1N. The Morgan fingerprint density at radius 1 is 1.67 bits per heavy atom. The van der Waals surface area contributed by atoms with Crippen LogP contribution >= 0.6 is 0 Å². The Kier molecular flexibility index (Phi) is 3.31. The average molecular weight is 212 g/mol. The number of nitrogens with two attached hydrogens (primary N) is 2. The molecule has 6 nitrogen and oxygen atoms in total. The molecule has 0 saturated carbocycles. The molecule has 0 aliphatic heterocycles. The molecule has 1 aromatic rings. The van der Waals surface area contributed by atoms with Gasteiger partial charge in [0.2, 0.25) is 5.88 Å². The predicted octanol–water partition coefficient (Wildman–Crippen LogP) is -0.142. The first kappa shape index (κ1) is 11.5. The molecule has 0 spiro atoms. The summed E-state index contributed by atoms with van der Waals surface area (Å²) in [7, 11) is 0. The quantitative estimate of drug-likeness (QED) is 0.643. The third kappa shape index (κ3) is 2.95. The summed E-state index contributed by atoms with van der Waals surface area (Å²) in [5.41, 5.74) is 10.5. The van der Waals surface area contributed by atoms with Crippen LogP contribution in [0.4, 0.5) is 5.69 Å². The van der Waals surface area contributed by atoms with Gasteiger partial charge in [0, 0.05) is 5.54 Å². The van der Waals surface area contributed by atoms with Crippen LogP contribution < -0.4 is 21.8 Å². The van der Waals surface area contributed by atoms with Crippen molar-refractivity contribution in [2.75, 3.05) is 12.3 Å². The van der Waals surface area contributed by atoms with E-state index in [0.29, 0.717) is 0 Å². The van der Waals surface area contributed by atoms with Crippen LogP contribution in [0, 0.1) is 0 Å². The minimum absolute atomic E-state index is 0.0237. The summed E-state index contributed by atoms with van der Waals surface area (Å²) in [6.45, 7) is 4.08. The van der Waals surface area contributed by atoms with E-state index in [1.165, 1.54) is 6.33 Å². The van der Waals surface area contributed by atoms with E-state index < -0.39 is 11.1 Å². The molecule has 6 heteroatoms. The summed E-state index contributed by atoms with van der Waals surface area (Å²) < 4.78 is 5.29.